The molecule has 2 aromatic heterocycles. The topological polar surface area (TPSA) is 78.2 Å². The number of methoxy groups -OCH3 is 1. The van der Waals surface area contributed by atoms with Crippen molar-refractivity contribution in [1.29, 1.82) is 0 Å². The first-order chi connectivity index (χ1) is 10.6. The molecule has 2 heterocycles. The second-order valence-corrected chi connectivity index (χ2v) is 4.88. The molecular formula is C15H20N4O3. The molecule has 2 rings (SSSR count). The lowest BCUT2D eigenvalue weighted by molar-refractivity contribution is -0.140. The predicted octanol–water partition coefficient (Wildman–Crippen LogP) is 1.28. The molecule has 0 aromatic carbocycles. The highest BCUT2D eigenvalue weighted by molar-refractivity contribution is 5.97. The molecule has 0 atom stereocenters. The highest BCUT2D eigenvalue weighted by Gasteiger charge is 2.16. The van der Waals surface area contributed by atoms with E-state index < -0.39 is 0 Å². The lowest BCUT2D eigenvalue weighted by atomic mass is 10.2. The SMILES string of the molecule is COC(=O)CCCCNC(=O)c1cnn(C)c1-n1cccc1. The van der Waals surface area contributed by atoms with Crippen LogP contribution in [0.15, 0.2) is 30.7 Å². The van der Waals surface area contributed by atoms with Crippen molar-refractivity contribution in [1.82, 2.24) is 19.7 Å². The van der Waals surface area contributed by atoms with Crippen molar-refractivity contribution in [3.8, 4) is 5.82 Å². The maximum atomic E-state index is 12.3. The van der Waals surface area contributed by atoms with E-state index in [4.69, 9.17) is 0 Å². The van der Waals surface area contributed by atoms with E-state index in [0.717, 1.165) is 12.2 Å². The van der Waals surface area contributed by atoms with Crippen LogP contribution in [-0.2, 0) is 16.6 Å². The molecule has 22 heavy (non-hydrogen) atoms. The predicted molar refractivity (Wildman–Crippen MR) is 80.7 cm³/mol. The minimum Gasteiger partial charge on any atom is -0.469 e. The number of nitrogens with zero attached hydrogens (tertiary/aromatic N) is 3. The van der Waals surface area contributed by atoms with E-state index in [2.05, 4.69) is 15.2 Å². The summed E-state index contributed by atoms with van der Waals surface area (Å²) in [7, 11) is 3.16. The third-order valence-corrected chi connectivity index (χ3v) is 3.32. The van der Waals surface area contributed by atoms with Gasteiger partial charge >= 0.3 is 5.97 Å². The van der Waals surface area contributed by atoms with Crippen LogP contribution in [0.25, 0.3) is 5.82 Å². The van der Waals surface area contributed by atoms with Crippen molar-refractivity contribution in [3.05, 3.63) is 36.3 Å². The van der Waals surface area contributed by atoms with E-state index in [0.29, 0.717) is 24.9 Å². The normalized spacial score (nSPS) is 10.5. The Labute approximate surface area is 128 Å². The molecule has 0 bridgehead atoms. The lowest BCUT2D eigenvalue weighted by Gasteiger charge is -2.08. The van der Waals surface area contributed by atoms with Crippen molar-refractivity contribution in [3.63, 3.8) is 0 Å². The Morgan fingerprint density at radius 3 is 2.68 bits per heavy atom. The number of unbranched alkanes of at least 4 members (excludes halogenated alkanes) is 1. The van der Waals surface area contributed by atoms with Gasteiger partial charge in [0, 0.05) is 32.4 Å². The van der Waals surface area contributed by atoms with E-state index in [1.807, 2.05) is 29.1 Å². The number of ether oxygens (including phenoxy) is 1. The summed E-state index contributed by atoms with van der Waals surface area (Å²) in [5, 5.41) is 6.99. The van der Waals surface area contributed by atoms with Crippen LogP contribution >= 0.6 is 0 Å². The number of esters is 1. The number of hydrogen-bond acceptors (Lipinski definition) is 4. The average molecular weight is 304 g/mol. The maximum absolute atomic E-state index is 12.3. The van der Waals surface area contributed by atoms with Crippen LogP contribution in [0.2, 0.25) is 0 Å². The number of nitrogens with one attached hydrogen (secondary N) is 1. The van der Waals surface area contributed by atoms with Crippen LogP contribution in [0.1, 0.15) is 29.6 Å². The van der Waals surface area contributed by atoms with Crippen LogP contribution in [0.4, 0.5) is 0 Å². The van der Waals surface area contributed by atoms with Gasteiger partial charge in [0.1, 0.15) is 11.4 Å². The summed E-state index contributed by atoms with van der Waals surface area (Å²) in [6.45, 7) is 0.510. The summed E-state index contributed by atoms with van der Waals surface area (Å²) in [6.07, 6.45) is 7.06. The second kappa shape index (κ2) is 7.44. The molecule has 0 radical (unpaired) electrons. The van der Waals surface area contributed by atoms with Crippen LogP contribution in [0.3, 0.4) is 0 Å². The smallest absolute Gasteiger partial charge is 0.305 e. The van der Waals surface area contributed by atoms with Crippen molar-refractivity contribution < 1.29 is 14.3 Å². The zero-order chi connectivity index (χ0) is 15.9. The fraction of sp³-hybridized carbons (Fsp3) is 0.400. The number of amides is 1. The number of carbonyl (C=O) groups is 2. The van der Waals surface area contributed by atoms with Gasteiger partial charge in [-0.25, -0.2) is 0 Å². The summed E-state index contributed by atoms with van der Waals surface area (Å²) in [4.78, 5) is 23.2. The van der Waals surface area contributed by atoms with Gasteiger partial charge in [0.25, 0.3) is 5.91 Å². The van der Waals surface area contributed by atoms with Crippen LogP contribution in [-0.4, -0.2) is 39.9 Å². The van der Waals surface area contributed by atoms with Crippen molar-refractivity contribution in [2.45, 2.75) is 19.3 Å². The Morgan fingerprint density at radius 1 is 1.27 bits per heavy atom. The molecule has 0 spiro atoms. The molecule has 0 aliphatic carbocycles. The fourth-order valence-electron chi connectivity index (χ4n) is 2.17. The summed E-state index contributed by atoms with van der Waals surface area (Å²) < 4.78 is 8.07. The van der Waals surface area contributed by atoms with E-state index in [1.54, 1.807) is 17.9 Å². The summed E-state index contributed by atoms with van der Waals surface area (Å²) in [5.74, 6) is 0.320. The lowest BCUT2D eigenvalue weighted by Crippen LogP contribution is -2.25. The maximum Gasteiger partial charge on any atom is 0.305 e. The molecule has 0 aliphatic heterocycles. The molecule has 0 unspecified atom stereocenters. The highest BCUT2D eigenvalue weighted by Crippen LogP contribution is 2.13. The largest absolute Gasteiger partial charge is 0.469 e. The molecule has 0 fully saturated rings. The minimum atomic E-state index is -0.228. The van der Waals surface area contributed by atoms with Gasteiger partial charge in [0.2, 0.25) is 0 Å². The van der Waals surface area contributed by atoms with Gasteiger partial charge in [0.15, 0.2) is 0 Å². The summed E-state index contributed by atoms with van der Waals surface area (Å²) in [6, 6.07) is 3.78. The Hall–Kier alpha value is -2.57. The average Bonchev–Trinajstić information content (AvgIpc) is 3.15. The zero-order valence-corrected chi connectivity index (χ0v) is 12.8. The van der Waals surface area contributed by atoms with Gasteiger partial charge in [-0.1, -0.05) is 0 Å². The third-order valence-electron chi connectivity index (χ3n) is 3.32. The van der Waals surface area contributed by atoms with E-state index in [-0.39, 0.29) is 11.9 Å². The molecule has 7 heteroatoms. The van der Waals surface area contributed by atoms with Crippen molar-refractivity contribution in [2.75, 3.05) is 13.7 Å². The quantitative estimate of drug-likeness (QED) is 0.617. The molecule has 1 amide bonds. The first-order valence-corrected chi connectivity index (χ1v) is 7.14. The van der Waals surface area contributed by atoms with Gasteiger partial charge in [0.05, 0.1) is 13.3 Å². The molecule has 7 nitrogen and oxygen atoms in total. The second-order valence-electron chi connectivity index (χ2n) is 4.88. The first kappa shape index (κ1) is 15.8. The third kappa shape index (κ3) is 3.75. The Bertz CT molecular complexity index is 631. The monoisotopic (exact) mass is 304 g/mol. The van der Waals surface area contributed by atoms with E-state index in [9.17, 15) is 9.59 Å². The Balaban J connectivity index is 1.90. The molecule has 0 saturated carbocycles. The van der Waals surface area contributed by atoms with Gasteiger partial charge < -0.3 is 14.6 Å². The highest BCUT2D eigenvalue weighted by atomic mass is 16.5. The van der Waals surface area contributed by atoms with Crippen LogP contribution in [0.5, 0.6) is 0 Å². The standard InChI is InChI=1S/C15H20N4O3/c1-18-15(19-9-5-6-10-19)12(11-17-18)14(21)16-8-4-3-7-13(20)22-2/h5-6,9-11H,3-4,7-8H2,1-2H3,(H,16,21). The van der Waals surface area contributed by atoms with Crippen molar-refractivity contribution >= 4 is 11.9 Å². The molecule has 2 aromatic rings. The van der Waals surface area contributed by atoms with Crippen molar-refractivity contribution in [2.24, 2.45) is 7.05 Å². The number of aromatic nitrogens is 3. The zero-order valence-electron chi connectivity index (χ0n) is 12.8. The Morgan fingerprint density at radius 2 is 2.00 bits per heavy atom. The molecule has 0 aliphatic rings. The minimum absolute atomic E-state index is 0.171. The summed E-state index contributed by atoms with van der Waals surface area (Å²) >= 11 is 0. The van der Waals surface area contributed by atoms with E-state index >= 15 is 0 Å². The van der Waals surface area contributed by atoms with Gasteiger partial charge in [-0.2, -0.15) is 5.10 Å². The van der Waals surface area contributed by atoms with E-state index in [1.165, 1.54) is 7.11 Å². The molecular weight excluding hydrogens is 284 g/mol. The molecule has 118 valence electrons. The molecule has 1 N–H and O–H groups in total. The number of hydrogen-bond donors (Lipinski definition) is 1. The van der Waals surface area contributed by atoms with Crippen LogP contribution in [0, 0.1) is 0 Å². The summed E-state index contributed by atoms with van der Waals surface area (Å²) in [5.41, 5.74) is 0.520. The number of rotatable bonds is 7. The van der Waals surface area contributed by atoms with Gasteiger partial charge in [-0.15, -0.1) is 0 Å². The fourth-order valence-corrected chi connectivity index (χ4v) is 2.17. The molecule has 0 saturated heterocycles. The number of aryl methyl sites for hydroxylation is 1. The van der Waals surface area contributed by atoms with Crippen LogP contribution < -0.4 is 5.32 Å². The van der Waals surface area contributed by atoms with Gasteiger partial charge in [-0.3, -0.25) is 14.3 Å². The number of carbonyl (C=O) groups excluding carboxylic acids is 2. The van der Waals surface area contributed by atoms with Gasteiger partial charge in [-0.05, 0) is 25.0 Å². The first-order valence-electron chi connectivity index (χ1n) is 7.14. The Kier molecular flexibility index (Phi) is 5.35.